The zero-order chi connectivity index (χ0) is 18.8. The third kappa shape index (κ3) is 9.18. The van der Waals surface area contributed by atoms with Gasteiger partial charge in [-0.15, -0.1) is 24.0 Å². The average molecular weight is 494 g/mol. The largest absolute Gasteiger partial charge is 0.387 e. The average Bonchev–Trinajstić information content (AvgIpc) is 2.62. The zero-order valence-corrected chi connectivity index (χ0v) is 18.5. The van der Waals surface area contributed by atoms with Crippen LogP contribution in [0.4, 0.5) is 4.39 Å². The van der Waals surface area contributed by atoms with Gasteiger partial charge in [0.15, 0.2) is 5.96 Å². The number of rotatable bonds is 8. The van der Waals surface area contributed by atoms with Crippen LogP contribution in [0, 0.1) is 5.82 Å². The number of morpholine rings is 1. The number of guanidine groups is 1. The van der Waals surface area contributed by atoms with E-state index >= 15 is 0 Å². The molecule has 1 aromatic rings. The van der Waals surface area contributed by atoms with Crippen LogP contribution in [0.15, 0.2) is 29.3 Å². The molecule has 1 atom stereocenters. The van der Waals surface area contributed by atoms with E-state index in [-0.39, 0.29) is 29.8 Å². The Hall–Kier alpha value is -0.970. The van der Waals surface area contributed by atoms with Crippen molar-refractivity contribution in [2.75, 3.05) is 52.5 Å². The summed E-state index contributed by atoms with van der Waals surface area (Å²) in [7, 11) is 0. The van der Waals surface area contributed by atoms with Gasteiger partial charge in [-0.2, -0.15) is 0 Å². The summed E-state index contributed by atoms with van der Waals surface area (Å²) in [4.78, 5) is 6.69. The molecule has 1 heterocycles. The lowest BCUT2D eigenvalue weighted by molar-refractivity contribution is -0.0179. The van der Waals surface area contributed by atoms with Gasteiger partial charge in [-0.1, -0.05) is 18.2 Å². The summed E-state index contributed by atoms with van der Waals surface area (Å²) in [5, 5.41) is 17.0. The number of halogens is 2. The fraction of sp³-hybridized carbons (Fsp3) is 0.632. The van der Waals surface area contributed by atoms with Crippen molar-refractivity contribution in [3.8, 4) is 0 Å². The molecule has 0 saturated carbocycles. The maximum Gasteiger partial charge on any atom is 0.191 e. The Morgan fingerprint density at radius 1 is 1.30 bits per heavy atom. The lowest BCUT2D eigenvalue weighted by atomic mass is 10.1. The van der Waals surface area contributed by atoms with Crippen molar-refractivity contribution in [2.24, 2.45) is 4.99 Å². The SMILES string of the molecule is CCNC(=NCC(C)(O)CN1CCOCC1)NCCc1ccccc1F.I. The summed E-state index contributed by atoms with van der Waals surface area (Å²) in [5.41, 5.74) is -0.235. The summed E-state index contributed by atoms with van der Waals surface area (Å²) in [6.07, 6.45) is 0.571. The van der Waals surface area contributed by atoms with Gasteiger partial charge in [0.1, 0.15) is 5.82 Å². The van der Waals surface area contributed by atoms with E-state index in [0.29, 0.717) is 50.8 Å². The third-order valence-electron chi connectivity index (χ3n) is 4.23. The first kappa shape index (κ1) is 24.1. The van der Waals surface area contributed by atoms with Crippen LogP contribution in [0.2, 0.25) is 0 Å². The van der Waals surface area contributed by atoms with Gasteiger partial charge < -0.3 is 20.5 Å². The molecule has 1 aliphatic heterocycles. The second-order valence-electron chi connectivity index (χ2n) is 6.85. The molecule has 1 aliphatic rings. The number of aliphatic imine (C=N–C) groups is 1. The first-order valence-corrected chi connectivity index (χ1v) is 9.28. The molecule has 3 N–H and O–H groups in total. The first-order chi connectivity index (χ1) is 12.5. The van der Waals surface area contributed by atoms with Crippen molar-refractivity contribution < 1.29 is 14.2 Å². The molecule has 1 unspecified atom stereocenters. The highest BCUT2D eigenvalue weighted by Crippen LogP contribution is 2.09. The van der Waals surface area contributed by atoms with Gasteiger partial charge in [0.2, 0.25) is 0 Å². The Morgan fingerprint density at radius 2 is 2.00 bits per heavy atom. The van der Waals surface area contributed by atoms with Crippen LogP contribution >= 0.6 is 24.0 Å². The minimum absolute atomic E-state index is 0. The van der Waals surface area contributed by atoms with Crippen molar-refractivity contribution in [3.63, 3.8) is 0 Å². The summed E-state index contributed by atoms with van der Waals surface area (Å²) >= 11 is 0. The van der Waals surface area contributed by atoms with Gasteiger partial charge in [-0.3, -0.25) is 9.89 Å². The molecule has 1 fully saturated rings. The van der Waals surface area contributed by atoms with Crippen LogP contribution in [-0.4, -0.2) is 74.0 Å². The minimum atomic E-state index is -0.911. The summed E-state index contributed by atoms with van der Waals surface area (Å²) < 4.78 is 19.0. The molecule has 154 valence electrons. The maximum absolute atomic E-state index is 13.7. The Kier molecular flexibility index (Phi) is 11.1. The summed E-state index contributed by atoms with van der Waals surface area (Å²) in [6, 6.07) is 6.78. The quantitative estimate of drug-likeness (QED) is 0.291. The Labute approximate surface area is 178 Å². The fourth-order valence-electron chi connectivity index (χ4n) is 2.90. The van der Waals surface area contributed by atoms with E-state index in [1.165, 1.54) is 6.07 Å². The molecule has 0 bridgehead atoms. The smallest absolute Gasteiger partial charge is 0.191 e. The number of nitrogens with zero attached hydrogens (tertiary/aromatic N) is 2. The molecule has 6 nitrogen and oxygen atoms in total. The van der Waals surface area contributed by atoms with Gasteiger partial charge in [-0.05, 0) is 31.9 Å². The number of ether oxygens (including phenoxy) is 1. The first-order valence-electron chi connectivity index (χ1n) is 9.28. The number of nitrogens with one attached hydrogen (secondary N) is 2. The molecule has 0 radical (unpaired) electrons. The Bertz CT molecular complexity index is 581. The van der Waals surface area contributed by atoms with Gasteiger partial charge in [-0.25, -0.2) is 4.39 Å². The van der Waals surface area contributed by atoms with Gasteiger partial charge in [0.05, 0.1) is 25.4 Å². The predicted molar refractivity (Wildman–Crippen MR) is 117 cm³/mol. The van der Waals surface area contributed by atoms with Crippen molar-refractivity contribution in [2.45, 2.75) is 25.9 Å². The van der Waals surface area contributed by atoms with Crippen LogP contribution in [0.3, 0.4) is 0 Å². The van der Waals surface area contributed by atoms with Crippen LogP contribution in [0.25, 0.3) is 0 Å². The standard InChI is InChI=1S/C19H31FN4O2.HI/c1-3-21-18(22-9-8-16-6-4-5-7-17(16)20)23-14-19(2,25)15-24-10-12-26-13-11-24;/h4-7,25H,3,8-15H2,1-2H3,(H2,21,22,23);1H. The van der Waals surface area contributed by atoms with Crippen molar-refractivity contribution in [1.29, 1.82) is 0 Å². The van der Waals surface area contributed by atoms with Crippen molar-refractivity contribution in [1.82, 2.24) is 15.5 Å². The molecule has 0 amide bonds. The molecule has 0 aliphatic carbocycles. The minimum Gasteiger partial charge on any atom is -0.387 e. The molecule has 1 saturated heterocycles. The topological polar surface area (TPSA) is 69.1 Å². The molecule has 2 rings (SSSR count). The molecule has 8 heteroatoms. The van der Waals surface area contributed by atoms with E-state index in [9.17, 15) is 9.50 Å². The Balaban J connectivity index is 0.00000364. The number of benzene rings is 1. The van der Waals surface area contributed by atoms with Gasteiger partial charge in [0, 0.05) is 32.7 Å². The number of aliphatic hydroxyl groups is 1. The lowest BCUT2D eigenvalue weighted by Gasteiger charge is -2.33. The molecular weight excluding hydrogens is 462 g/mol. The van der Waals surface area contributed by atoms with E-state index in [2.05, 4.69) is 20.5 Å². The maximum atomic E-state index is 13.7. The monoisotopic (exact) mass is 494 g/mol. The van der Waals surface area contributed by atoms with Crippen molar-refractivity contribution >= 4 is 29.9 Å². The highest BCUT2D eigenvalue weighted by molar-refractivity contribution is 14.0. The lowest BCUT2D eigenvalue weighted by Crippen LogP contribution is -2.48. The Morgan fingerprint density at radius 3 is 2.67 bits per heavy atom. The van der Waals surface area contributed by atoms with Gasteiger partial charge in [0.25, 0.3) is 0 Å². The molecule has 0 spiro atoms. The van der Waals surface area contributed by atoms with E-state index in [0.717, 1.165) is 19.6 Å². The predicted octanol–water partition coefficient (Wildman–Crippen LogP) is 1.62. The molecule has 0 aromatic heterocycles. The summed E-state index contributed by atoms with van der Waals surface area (Å²) in [5.74, 6) is 0.441. The van der Waals surface area contributed by atoms with E-state index in [4.69, 9.17) is 4.74 Å². The third-order valence-corrected chi connectivity index (χ3v) is 4.23. The number of hydrogen-bond acceptors (Lipinski definition) is 4. The number of β-amino-alcohol motifs (C(OH)–C–C–N with tert-alkyl or cyclic N) is 1. The van der Waals surface area contributed by atoms with E-state index in [1.807, 2.05) is 13.0 Å². The molecule has 27 heavy (non-hydrogen) atoms. The zero-order valence-electron chi connectivity index (χ0n) is 16.2. The van der Waals surface area contributed by atoms with Gasteiger partial charge >= 0.3 is 0 Å². The van der Waals surface area contributed by atoms with Crippen LogP contribution in [-0.2, 0) is 11.2 Å². The van der Waals surface area contributed by atoms with Crippen LogP contribution in [0.5, 0.6) is 0 Å². The van der Waals surface area contributed by atoms with E-state index in [1.54, 1.807) is 19.1 Å². The van der Waals surface area contributed by atoms with Crippen LogP contribution < -0.4 is 10.6 Å². The van der Waals surface area contributed by atoms with Crippen molar-refractivity contribution in [3.05, 3.63) is 35.6 Å². The fourth-order valence-corrected chi connectivity index (χ4v) is 2.90. The normalized spacial score (nSPS) is 17.7. The van der Waals surface area contributed by atoms with E-state index < -0.39 is 5.60 Å². The molecule has 1 aromatic carbocycles. The second-order valence-corrected chi connectivity index (χ2v) is 6.85. The second kappa shape index (κ2) is 12.5. The highest BCUT2D eigenvalue weighted by atomic mass is 127. The number of hydrogen-bond donors (Lipinski definition) is 3. The molecular formula is C19H32FIN4O2. The summed E-state index contributed by atoms with van der Waals surface area (Å²) in [6.45, 7) is 9.01. The van der Waals surface area contributed by atoms with Crippen LogP contribution in [0.1, 0.15) is 19.4 Å². The highest BCUT2D eigenvalue weighted by Gasteiger charge is 2.25.